The number of nitrogens with zero attached hydrogens (tertiary/aromatic N) is 2. The van der Waals surface area contributed by atoms with E-state index in [9.17, 15) is 8.42 Å². The number of benzene rings is 1. The van der Waals surface area contributed by atoms with Crippen LogP contribution in [-0.2, 0) is 15.4 Å². The van der Waals surface area contributed by atoms with E-state index in [1.165, 1.54) is 5.56 Å². The van der Waals surface area contributed by atoms with Gasteiger partial charge in [-0.3, -0.25) is 0 Å². The van der Waals surface area contributed by atoms with Crippen molar-refractivity contribution in [3.63, 3.8) is 0 Å². The third-order valence-electron chi connectivity index (χ3n) is 4.39. The highest BCUT2D eigenvalue weighted by atomic mass is 32.2. The Balaban J connectivity index is 2.44. The van der Waals surface area contributed by atoms with Crippen LogP contribution in [0.25, 0.3) is 0 Å². The van der Waals surface area contributed by atoms with Crippen molar-refractivity contribution in [1.82, 2.24) is 9.21 Å². The van der Waals surface area contributed by atoms with E-state index in [1.807, 2.05) is 33.0 Å². The predicted molar refractivity (Wildman–Crippen MR) is 90.9 cm³/mol. The van der Waals surface area contributed by atoms with E-state index in [0.717, 1.165) is 24.2 Å². The van der Waals surface area contributed by atoms with Crippen LogP contribution >= 0.6 is 0 Å². The van der Waals surface area contributed by atoms with Crippen LogP contribution in [0, 0.1) is 13.8 Å². The van der Waals surface area contributed by atoms with Gasteiger partial charge in [-0.05, 0) is 43.0 Å². The van der Waals surface area contributed by atoms with Gasteiger partial charge in [0.2, 0.25) is 10.0 Å². The van der Waals surface area contributed by atoms with Crippen LogP contribution in [-0.4, -0.2) is 50.8 Å². The standard InChI is InChI=1S/C17H28N2O2S/c1-13-11-15(17(3,4)5)12-14(2)16(13)22(20,21)19-9-7-18(6)8-10-19/h11-12H,7-10H2,1-6H3. The molecule has 0 aromatic heterocycles. The molecule has 0 saturated carbocycles. The molecule has 0 unspecified atom stereocenters. The Bertz CT molecular complexity index is 629. The molecule has 0 atom stereocenters. The molecule has 4 nitrogen and oxygen atoms in total. The lowest BCUT2D eigenvalue weighted by Gasteiger charge is -2.32. The Morgan fingerprint density at radius 1 is 0.955 bits per heavy atom. The zero-order valence-corrected chi connectivity index (χ0v) is 15.4. The number of hydrogen-bond donors (Lipinski definition) is 0. The van der Waals surface area contributed by atoms with Crippen LogP contribution in [0.2, 0.25) is 0 Å². The van der Waals surface area contributed by atoms with Crippen molar-refractivity contribution in [3.8, 4) is 0 Å². The Kier molecular flexibility index (Phi) is 4.71. The van der Waals surface area contributed by atoms with E-state index in [1.54, 1.807) is 4.31 Å². The molecule has 0 N–H and O–H groups in total. The van der Waals surface area contributed by atoms with Crippen molar-refractivity contribution >= 4 is 10.0 Å². The summed E-state index contributed by atoms with van der Waals surface area (Å²) in [5.41, 5.74) is 2.90. The van der Waals surface area contributed by atoms with Crippen molar-refractivity contribution < 1.29 is 8.42 Å². The van der Waals surface area contributed by atoms with Gasteiger partial charge in [0.15, 0.2) is 0 Å². The highest BCUT2D eigenvalue weighted by molar-refractivity contribution is 7.89. The summed E-state index contributed by atoms with van der Waals surface area (Å²) in [5.74, 6) is 0. The lowest BCUT2D eigenvalue weighted by Crippen LogP contribution is -2.47. The van der Waals surface area contributed by atoms with Crippen molar-refractivity contribution in [2.24, 2.45) is 0 Å². The Morgan fingerprint density at radius 3 is 1.82 bits per heavy atom. The van der Waals surface area contributed by atoms with Crippen LogP contribution in [0.1, 0.15) is 37.5 Å². The van der Waals surface area contributed by atoms with Crippen molar-refractivity contribution in [1.29, 1.82) is 0 Å². The Hall–Kier alpha value is -0.910. The first-order valence-electron chi connectivity index (χ1n) is 7.84. The van der Waals surface area contributed by atoms with Crippen LogP contribution < -0.4 is 0 Å². The van der Waals surface area contributed by atoms with Crippen LogP contribution in [0.4, 0.5) is 0 Å². The topological polar surface area (TPSA) is 40.6 Å². The first kappa shape index (κ1) is 17.4. The lowest BCUT2D eigenvalue weighted by molar-refractivity contribution is 0.222. The highest BCUT2D eigenvalue weighted by Gasteiger charge is 2.30. The molecular formula is C17H28N2O2S. The number of hydrogen-bond acceptors (Lipinski definition) is 3. The molecule has 0 radical (unpaired) electrons. The zero-order valence-electron chi connectivity index (χ0n) is 14.6. The number of likely N-dealkylation sites (N-methyl/N-ethyl adjacent to an activating group) is 1. The molecule has 0 aliphatic carbocycles. The van der Waals surface area contributed by atoms with Crippen LogP contribution in [0.15, 0.2) is 17.0 Å². The average molecular weight is 324 g/mol. The Morgan fingerprint density at radius 2 is 1.41 bits per heavy atom. The zero-order chi connectivity index (χ0) is 16.7. The average Bonchev–Trinajstić information content (AvgIpc) is 2.36. The fraction of sp³-hybridized carbons (Fsp3) is 0.647. The van der Waals surface area contributed by atoms with Gasteiger partial charge in [0.05, 0.1) is 4.90 Å². The largest absolute Gasteiger partial charge is 0.304 e. The lowest BCUT2D eigenvalue weighted by atomic mass is 9.85. The van der Waals surface area contributed by atoms with Crippen LogP contribution in [0.3, 0.4) is 0 Å². The van der Waals surface area contributed by atoms with Gasteiger partial charge >= 0.3 is 0 Å². The summed E-state index contributed by atoms with van der Waals surface area (Å²) in [6.07, 6.45) is 0. The van der Waals surface area contributed by atoms with Crippen molar-refractivity contribution in [3.05, 3.63) is 28.8 Å². The summed E-state index contributed by atoms with van der Waals surface area (Å²) in [5, 5.41) is 0. The smallest absolute Gasteiger partial charge is 0.243 e. The molecule has 1 fully saturated rings. The van der Waals surface area contributed by atoms with E-state index in [-0.39, 0.29) is 5.41 Å². The van der Waals surface area contributed by atoms with E-state index in [0.29, 0.717) is 18.0 Å². The van der Waals surface area contributed by atoms with Gasteiger partial charge in [-0.25, -0.2) is 8.42 Å². The van der Waals surface area contributed by atoms with Gasteiger partial charge < -0.3 is 4.90 Å². The predicted octanol–water partition coefficient (Wildman–Crippen LogP) is 2.54. The van der Waals surface area contributed by atoms with Gasteiger partial charge in [-0.1, -0.05) is 32.9 Å². The minimum absolute atomic E-state index is 0.0195. The minimum atomic E-state index is -3.40. The maximum absolute atomic E-state index is 13.0. The number of aryl methyl sites for hydroxylation is 2. The second-order valence-corrected chi connectivity index (χ2v) is 9.27. The van der Waals surface area contributed by atoms with Crippen molar-refractivity contribution in [2.45, 2.75) is 44.9 Å². The molecule has 1 aliphatic rings. The fourth-order valence-corrected chi connectivity index (χ4v) is 4.78. The second-order valence-electron chi connectivity index (χ2n) is 7.40. The quantitative estimate of drug-likeness (QED) is 0.839. The molecule has 1 aliphatic heterocycles. The SMILES string of the molecule is Cc1cc(C(C)(C)C)cc(C)c1S(=O)(=O)N1CCN(C)CC1. The minimum Gasteiger partial charge on any atom is -0.304 e. The van der Waals surface area contributed by atoms with Gasteiger partial charge in [-0.15, -0.1) is 0 Å². The van der Waals surface area contributed by atoms with E-state index in [2.05, 4.69) is 25.7 Å². The molecule has 0 amide bonds. The first-order valence-corrected chi connectivity index (χ1v) is 9.28. The molecule has 22 heavy (non-hydrogen) atoms. The van der Waals surface area contributed by atoms with E-state index >= 15 is 0 Å². The Labute approximate surface area is 135 Å². The van der Waals surface area contributed by atoms with Gasteiger partial charge in [0.25, 0.3) is 0 Å². The van der Waals surface area contributed by atoms with Gasteiger partial charge in [0.1, 0.15) is 0 Å². The first-order chi connectivity index (χ1) is 10.0. The summed E-state index contributed by atoms with van der Waals surface area (Å²) in [6, 6.07) is 4.05. The van der Waals surface area contributed by atoms with Crippen LogP contribution in [0.5, 0.6) is 0 Å². The summed E-state index contributed by atoms with van der Waals surface area (Å²) >= 11 is 0. The molecule has 124 valence electrons. The second kappa shape index (κ2) is 5.95. The molecule has 0 spiro atoms. The molecular weight excluding hydrogens is 296 g/mol. The molecule has 1 aromatic rings. The molecule has 1 aromatic carbocycles. The van der Waals surface area contributed by atoms with Crippen molar-refractivity contribution in [2.75, 3.05) is 33.2 Å². The third kappa shape index (κ3) is 3.36. The number of sulfonamides is 1. The highest BCUT2D eigenvalue weighted by Crippen LogP contribution is 2.30. The molecule has 1 heterocycles. The monoisotopic (exact) mass is 324 g/mol. The normalized spacial score (nSPS) is 18.6. The summed E-state index contributed by atoms with van der Waals surface area (Å²) in [4.78, 5) is 2.65. The molecule has 0 bridgehead atoms. The molecule has 1 saturated heterocycles. The maximum atomic E-state index is 13.0. The van der Waals surface area contributed by atoms with Gasteiger partial charge in [0, 0.05) is 26.2 Å². The van der Waals surface area contributed by atoms with Gasteiger partial charge in [-0.2, -0.15) is 4.31 Å². The molecule has 2 rings (SSSR count). The summed E-state index contributed by atoms with van der Waals surface area (Å²) in [6.45, 7) is 13.0. The third-order valence-corrected chi connectivity index (χ3v) is 6.59. The maximum Gasteiger partial charge on any atom is 0.243 e. The van der Waals surface area contributed by atoms with E-state index in [4.69, 9.17) is 0 Å². The van der Waals surface area contributed by atoms with E-state index < -0.39 is 10.0 Å². The number of rotatable bonds is 2. The summed E-state index contributed by atoms with van der Waals surface area (Å²) in [7, 11) is -1.38. The summed E-state index contributed by atoms with van der Waals surface area (Å²) < 4.78 is 27.6. The number of piperazine rings is 1. The molecule has 5 heteroatoms. The fourth-order valence-electron chi connectivity index (χ4n) is 2.95.